The van der Waals surface area contributed by atoms with Gasteiger partial charge in [-0.25, -0.2) is 0 Å². The number of hydrogen-bond acceptors (Lipinski definition) is 2. The van der Waals surface area contributed by atoms with Crippen LogP contribution in [0, 0.1) is 0 Å². The third kappa shape index (κ3) is 4.97. The summed E-state index contributed by atoms with van der Waals surface area (Å²) in [5, 5.41) is 2.96. The minimum Gasteiger partial charge on any atom is -0.316 e. The lowest BCUT2D eigenvalue weighted by Gasteiger charge is -1.93. The Morgan fingerprint density at radius 1 is 1.78 bits per heavy atom. The van der Waals surface area contributed by atoms with Crippen molar-refractivity contribution >= 4 is 6.72 Å². The van der Waals surface area contributed by atoms with Crippen molar-refractivity contribution in [1.82, 2.24) is 5.32 Å². The number of nitrogens with zero attached hydrogens (tertiary/aromatic N) is 1. The first-order chi connectivity index (χ1) is 4.31. The molecule has 0 aromatic heterocycles. The summed E-state index contributed by atoms with van der Waals surface area (Å²) in [7, 11) is 1.88. The molecule has 0 aliphatic heterocycles. The van der Waals surface area contributed by atoms with Crippen LogP contribution in [-0.4, -0.2) is 20.3 Å². The summed E-state index contributed by atoms with van der Waals surface area (Å²) in [6.45, 7) is 7.84. The fourth-order valence-electron chi connectivity index (χ4n) is 0.444. The van der Waals surface area contributed by atoms with Crippen LogP contribution in [-0.2, 0) is 0 Å². The van der Waals surface area contributed by atoms with Gasteiger partial charge < -0.3 is 5.32 Å². The van der Waals surface area contributed by atoms with Gasteiger partial charge >= 0.3 is 0 Å². The maximum Gasteiger partial charge on any atom is 0.0263 e. The quantitative estimate of drug-likeness (QED) is 0.438. The molecule has 0 atom stereocenters. The summed E-state index contributed by atoms with van der Waals surface area (Å²) in [6.07, 6.45) is 3.45. The smallest absolute Gasteiger partial charge is 0.0263 e. The monoisotopic (exact) mass is 124 g/mol. The van der Waals surface area contributed by atoms with Crippen molar-refractivity contribution in [2.45, 2.75) is 0 Å². The van der Waals surface area contributed by atoms with Crippen LogP contribution < -0.4 is 5.32 Å². The Hall–Kier alpha value is -0.890. The normalized spacial score (nSPS) is 9.89. The van der Waals surface area contributed by atoms with Crippen LogP contribution >= 0.6 is 0 Å². The second-order valence-corrected chi connectivity index (χ2v) is 1.69. The molecule has 0 aromatic carbocycles. The first-order valence-corrected chi connectivity index (χ1v) is 2.76. The van der Waals surface area contributed by atoms with E-state index in [2.05, 4.69) is 23.6 Å². The van der Waals surface area contributed by atoms with Crippen molar-refractivity contribution in [3.8, 4) is 0 Å². The number of likely N-dealkylation sites (N-methyl/N-ethyl adjacent to an activating group) is 1. The van der Waals surface area contributed by atoms with Crippen LogP contribution in [0.5, 0.6) is 0 Å². The van der Waals surface area contributed by atoms with Gasteiger partial charge in [-0.05, 0) is 25.4 Å². The van der Waals surface area contributed by atoms with Crippen molar-refractivity contribution in [1.29, 1.82) is 0 Å². The first-order valence-electron chi connectivity index (χ1n) is 2.76. The van der Waals surface area contributed by atoms with E-state index in [1.165, 1.54) is 0 Å². The largest absolute Gasteiger partial charge is 0.316 e. The second kappa shape index (κ2) is 5.25. The van der Waals surface area contributed by atoms with Crippen molar-refractivity contribution < 1.29 is 0 Å². The highest BCUT2D eigenvalue weighted by Gasteiger charge is 1.80. The highest BCUT2D eigenvalue weighted by molar-refractivity contribution is 5.27. The van der Waals surface area contributed by atoms with Gasteiger partial charge in [0.25, 0.3) is 0 Å². The molecule has 2 heteroatoms. The Labute approximate surface area is 56.0 Å². The standard InChI is InChI=1S/C7H12N2/c1-7(6-9-3)4-5-8-2/h4-5,9H,1-2,6H2,3H3/b5-4-. The summed E-state index contributed by atoms with van der Waals surface area (Å²) in [5.41, 5.74) is 1.00. The molecule has 9 heavy (non-hydrogen) atoms. The number of rotatable bonds is 4. The SMILES string of the molecule is C=N/C=C\C(=C)CNC. The molecule has 0 heterocycles. The summed E-state index contributed by atoms with van der Waals surface area (Å²) in [6, 6.07) is 0. The molecular weight excluding hydrogens is 112 g/mol. The molecule has 0 spiro atoms. The van der Waals surface area contributed by atoms with Gasteiger partial charge in [-0.15, -0.1) is 0 Å². The maximum atomic E-state index is 3.74. The van der Waals surface area contributed by atoms with E-state index in [1.54, 1.807) is 6.20 Å². The predicted octanol–water partition coefficient (Wildman–Crippen LogP) is 0.976. The van der Waals surface area contributed by atoms with Crippen molar-refractivity contribution in [2.24, 2.45) is 4.99 Å². The topological polar surface area (TPSA) is 24.4 Å². The van der Waals surface area contributed by atoms with E-state index in [-0.39, 0.29) is 0 Å². The van der Waals surface area contributed by atoms with Crippen LogP contribution in [0.2, 0.25) is 0 Å². The van der Waals surface area contributed by atoms with Crippen LogP contribution in [0.15, 0.2) is 29.4 Å². The number of nitrogens with one attached hydrogen (secondary N) is 1. The van der Waals surface area contributed by atoms with E-state index >= 15 is 0 Å². The van der Waals surface area contributed by atoms with Gasteiger partial charge in [0.05, 0.1) is 0 Å². The van der Waals surface area contributed by atoms with Crippen molar-refractivity contribution in [2.75, 3.05) is 13.6 Å². The minimum absolute atomic E-state index is 0.798. The molecule has 1 N–H and O–H groups in total. The van der Waals surface area contributed by atoms with Crippen LogP contribution in [0.25, 0.3) is 0 Å². The summed E-state index contributed by atoms with van der Waals surface area (Å²) < 4.78 is 0. The van der Waals surface area contributed by atoms with E-state index in [0.29, 0.717) is 0 Å². The Bertz CT molecular complexity index is 125. The van der Waals surface area contributed by atoms with Gasteiger partial charge in [0, 0.05) is 12.7 Å². The second-order valence-electron chi connectivity index (χ2n) is 1.69. The molecule has 0 rings (SSSR count). The van der Waals surface area contributed by atoms with Crippen molar-refractivity contribution in [3.63, 3.8) is 0 Å². The number of hydrogen-bond donors (Lipinski definition) is 1. The zero-order valence-corrected chi connectivity index (χ0v) is 5.72. The molecule has 0 amide bonds. The van der Waals surface area contributed by atoms with Crippen LogP contribution in [0.4, 0.5) is 0 Å². The summed E-state index contributed by atoms with van der Waals surface area (Å²) in [5.74, 6) is 0. The number of aliphatic imine (C=N–C) groups is 1. The van der Waals surface area contributed by atoms with Crippen molar-refractivity contribution in [3.05, 3.63) is 24.4 Å². The van der Waals surface area contributed by atoms with Gasteiger partial charge in [-0.1, -0.05) is 6.58 Å². The van der Waals surface area contributed by atoms with E-state index < -0.39 is 0 Å². The Kier molecular flexibility index (Phi) is 4.73. The van der Waals surface area contributed by atoms with Gasteiger partial charge in [0.2, 0.25) is 0 Å². The average molecular weight is 124 g/mol. The van der Waals surface area contributed by atoms with Gasteiger partial charge in [-0.3, -0.25) is 4.99 Å². The molecule has 0 aliphatic carbocycles. The maximum absolute atomic E-state index is 3.74. The van der Waals surface area contributed by atoms with E-state index in [0.717, 1.165) is 12.1 Å². The average Bonchev–Trinajstić information content (AvgIpc) is 1.85. The zero-order chi connectivity index (χ0) is 7.11. The minimum atomic E-state index is 0.798. The Balaban J connectivity index is 3.49. The molecule has 0 saturated carbocycles. The van der Waals surface area contributed by atoms with Gasteiger partial charge in [0.15, 0.2) is 0 Å². The van der Waals surface area contributed by atoms with Crippen LogP contribution in [0.1, 0.15) is 0 Å². The molecule has 0 aliphatic rings. The fraction of sp³-hybridized carbons (Fsp3) is 0.286. The highest BCUT2D eigenvalue weighted by Crippen LogP contribution is 1.88. The Morgan fingerprint density at radius 3 is 2.89 bits per heavy atom. The molecule has 0 fully saturated rings. The van der Waals surface area contributed by atoms with Gasteiger partial charge in [0.1, 0.15) is 0 Å². The van der Waals surface area contributed by atoms with Crippen LogP contribution in [0.3, 0.4) is 0 Å². The molecule has 0 aromatic rings. The third-order valence-electron chi connectivity index (χ3n) is 0.819. The summed E-state index contributed by atoms with van der Waals surface area (Å²) >= 11 is 0. The molecule has 0 unspecified atom stereocenters. The molecular formula is C7H12N2. The molecule has 2 nitrogen and oxygen atoms in total. The lowest BCUT2D eigenvalue weighted by molar-refractivity contribution is 0.898. The fourth-order valence-corrected chi connectivity index (χ4v) is 0.444. The van der Waals surface area contributed by atoms with Gasteiger partial charge in [-0.2, -0.15) is 0 Å². The highest BCUT2D eigenvalue weighted by atomic mass is 14.8. The summed E-state index contributed by atoms with van der Waals surface area (Å²) in [4.78, 5) is 3.54. The molecule has 50 valence electrons. The first kappa shape index (κ1) is 8.11. The molecule has 0 bridgehead atoms. The Morgan fingerprint density at radius 2 is 2.44 bits per heavy atom. The molecule has 0 saturated heterocycles. The third-order valence-corrected chi connectivity index (χ3v) is 0.819. The molecule has 0 radical (unpaired) electrons. The van der Waals surface area contributed by atoms with E-state index in [4.69, 9.17) is 0 Å². The van der Waals surface area contributed by atoms with E-state index in [1.807, 2.05) is 13.1 Å². The predicted molar refractivity (Wildman–Crippen MR) is 41.8 cm³/mol. The lowest BCUT2D eigenvalue weighted by Crippen LogP contribution is -2.07. The zero-order valence-electron chi connectivity index (χ0n) is 5.72. The lowest BCUT2D eigenvalue weighted by atomic mass is 10.3. The van der Waals surface area contributed by atoms with E-state index in [9.17, 15) is 0 Å².